The Labute approximate surface area is 186 Å². The number of rotatable bonds is 3. The average Bonchev–Trinajstić information content (AvgIpc) is 3.24. The Morgan fingerprint density at radius 2 is 1.75 bits per heavy atom. The van der Waals surface area contributed by atoms with E-state index in [0.29, 0.717) is 17.0 Å². The third kappa shape index (κ3) is 3.16. The molecule has 7 heteroatoms. The zero-order chi connectivity index (χ0) is 23.3. The number of amides is 2. The lowest BCUT2D eigenvalue weighted by atomic mass is 9.95. The van der Waals surface area contributed by atoms with E-state index in [1.807, 2.05) is 23.8 Å². The van der Waals surface area contributed by atoms with Crippen molar-refractivity contribution in [1.29, 1.82) is 5.26 Å². The van der Waals surface area contributed by atoms with Gasteiger partial charge in [0.2, 0.25) is 5.71 Å². The summed E-state index contributed by atoms with van der Waals surface area (Å²) in [6, 6.07) is 8.00. The van der Waals surface area contributed by atoms with Gasteiger partial charge in [-0.25, -0.2) is 0 Å². The van der Waals surface area contributed by atoms with Gasteiger partial charge in [0.15, 0.2) is 0 Å². The van der Waals surface area contributed by atoms with Gasteiger partial charge in [-0.3, -0.25) is 14.5 Å². The van der Waals surface area contributed by atoms with Crippen molar-refractivity contribution < 1.29 is 14.0 Å². The van der Waals surface area contributed by atoms with E-state index in [-0.39, 0.29) is 17.7 Å². The van der Waals surface area contributed by atoms with Gasteiger partial charge in [0, 0.05) is 30.8 Å². The minimum atomic E-state index is -0.561. The molecule has 1 aliphatic heterocycles. The first kappa shape index (κ1) is 21.3. The third-order valence-electron chi connectivity index (χ3n) is 5.93. The van der Waals surface area contributed by atoms with Crippen LogP contribution in [0, 0.1) is 32.1 Å². The zero-order valence-electron chi connectivity index (χ0n) is 19.0. The zero-order valence-corrected chi connectivity index (χ0v) is 19.0. The number of imidazole rings is 1. The molecule has 0 fully saturated rings. The minimum absolute atomic E-state index is 0.0282. The highest BCUT2D eigenvalue weighted by atomic mass is 16.3. The van der Waals surface area contributed by atoms with Crippen LogP contribution < -0.4 is 0 Å². The molecule has 0 saturated carbocycles. The van der Waals surface area contributed by atoms with Crippen LogP contribution in [0.5, 0.6) is 0 Å². The van der Waals surface area contributed by atoms with Crippen LogP contribution >= 0.6 is 0 Å². The van der Waals surface area contributed by atoms with Gasteiger partial charge in [-0.2, -0.15) is 10.2 Å². The molecule has 3 aromatic rings. The number of furan rings is 1. The minimum Gasteiger partial charge on any atom is -0.437 e. The van der Waals surface area contributed by atoms with Crippen LogP contribution in [0.2, 0.25) is 0 Å². The van der Waals surface area contributed by atoms with Gasteiger partial charge < -0.3 is 8.98 Å². The molecular formula is C25H24N4O3. The van der Waals surface area contributed by atoms with Crippen molar-refractivity contribution in [3.05, 3.63) is 57.4 Å². The summed E-state index contributed by atoms with van der Waals surface area (Å²) < 4.78 is 7.92. The lowest BCUT2D eigenvalue weighted by Crippen LogP contribution is -2.42. The highest BCUT2D eigenvalue weighted by Gasteiger charge is 2.34. The Bertz CT molecular complexity index is 1390. The summed E-state index contributed by atoms with van der Waals surface area (Å²) in [5, 5.41) is 9.40. The highest BCUT2D eigenvalue weighted by Crippen LogP contribution is 2.33. The first-order valence-corrected chi connectivity index (χ1v) is 10.4. The van der Waals surface area contributed by atoms with Crippen LogP contribution in [0.4, 0.5) is 0 Å². The van der Waals surface area contributed by atoms with Crippen LogP contribution in [-0.2, 0) is 16.6 Å². The number of imide groups is 1. The molecule has 0 atom stereocenters. The molecular weight excluding hydrogens is 404 g/mol. The predicted molar refractivity (Wildman–Crippen MR) is 121 cm³/mol. The van der Waals surface area contributed by atoms with Crippen LogP contribution in [0.1, 0.15) is 36.3 Å². The van der Waals surface area contributed by atoms with Crippen molar-refractivity contribution in [2.45, 2.75) is 34.6 Å². The van der Waals surface area contributed by atoms with E-state index < -0.39 is 11.8 Å². The van der Waals surface area contributed by atoms with E-state index in [4.69, 9.17) is 9.40 Å². The summed E-state index contributed by atoms with van der Waals surface area (Å²) in [5.41, 5.74) is 6.40. The smallest absolute Gasteiger partial charge is 0.271 e. The summed E-state index contributed by atoms with van der Waals surface area (Å²) in [7, 11) is 1.93. The van der Waals surface area contributed by atoms with E-state index in [0.717, 1.165) is 32.9 Å². The van der Waals surface area contributed by atoms with E-state index >= 15 is 0 Å². The Morgan fingerprint density at radius 1 is 1.09 bits per heavy atom. The second-order valence-electron chi connectivity index (χ2n) is 8.13. The van der Waals surface area contributed by atoms with Crippen molar-refractivity contribution >= 4 is 29.1 Å². The van der Waals surface area contributed by atoms with Crippen molar-refractivity contribution in [3.63, 3.8) is 0 Å². The van der Waals surface area contributed by atoms with Crippen LogP contribution in [0.15, 0.2) is 39.3 Å². The molecule has 0 N–H and O–H groups in total. The largest absolute Gasteiger partial charge is 0.437 e. The maximum atomic E-state index is 12.8. The molecule has 1 aliphatic rings. The summed E-state index contributed by atoms with van der Waals surface area (Å²) in [4.78, 5) is 31.0. The summed E-state index contributed by atoms with van der Waals surface area (Å²) in [6.07, 6.45) is 1.58. The van der Waals surface area contributed by atoms with Gasteiger partial charge in [-0.15, -0.1) is 0 Å². The van der Waals surface area contributed by atoms with Crippen molar-refractivity contribution in [2.75, 3.05) is 6.54 Å². The SMILES string of the molecule is CCN1C(=O)C(C#N)=C(C)/C(=C/c2cc3c(nc(-c4c(C)cc(C)cc4C)n3C)o2)C1=O. The number of carbonyl (C=O) groups is 2. The fourth-order valence-corrected chi connectivity index (χ4v) is 4.38. The maximum absolute atomic E-state index is 12.8. The number of hydrogen-bond acceptors (Lipinski definition) is 5. The number of carbonyl (C=O) groups excluding carboxylic acids is 2. The summed E-state index contributed by atoms with van der Waals surface area (Å²) >= 11 is 0. The Kier molecular flexibility index (Phi) is 5.09. The van der Waals surface area contributed by atoms with Gasteiger partial charge in [-0.05, 0) is 57.4 Å². The van der Waals surface area contributed by atoms with E-state index in [2.05, 4.69) is 32.9 Å². The molecule has 0 aliphatic carbocycles. The predicted octanol–water partition coefficient (Wildman–Crippen LogP) is 4.37. The Hall–Kier alpha value is -3.92. The molecule has 32 heavy (non-hydrogen) atoms. The van der Waals surface area contributed by atoms with Gasteiger partial charge in [-0.1, -0.05) is 17.7 Å². The highest BCUT2D eigenvalue weighted by molar-refractivity contribution is 6.19. The number of aromatic nitrogens is 2. The number of likely N-dealkylation sites (N-methyl/N-ethyl adjacent to an activating group) is 1. The van der Waals surface area contributed by atoms with Crippen LogP contribution in [0.25, 0.3) is 28.7 Å². The molecule has 4 rings (SSSR count). The third-order valence-corrected chi connectivity index (χ3v) is 5.93. The normalized spacial score (nSPS) is 15.9. The van der Waals surface area contributed by atoms with Crippen molar-refractivity contribution in [3.8, 4) is 17.5 Å². The first-order valence-electron chi connectivity index (χ1n) is 10.4. The topological polar surface area (TPSA) is 92.1 Å². The average molecular weight is 428 g/mol. The molecule has 0 spiro atoms. The van der Waals surface area contributed by atoms with Crippen LogP contribution in [0.3, 0.4) is 0 Å². The number of fused-ring (bicyclic) bond motifs is 1. The molecule has 162 valence electrons. The molecule has 1 aromatic carbocycles. The fourth-order valence-electron chi connectivity index (χ4n) is 4.38. The molecule has 0 radical (unpaired) electrons. The Morgan fingerprint density at radius 3 is 2.31 bits per heavy atom. The molecule has 2 aromatic heterocycles. The molecule has 7 nitrogen and oxygen atoms in total. The van der Waals surface area contributed by atoms with Crippen molar-refractivity contribution in [1.82, 2.24) is 14.5 Å². The number of aryl methyl sites for hydroxylation is 4. The second kappa shape index (κ2) is 7.65. The van der Waals surface area contributed by atoms with Gasteiger partial charge in [0.25, 0.3) is 11.8 Å². The molecule has 2 amide bonds. The first-order chi connectivity index (χ1) is 15.2. The standard InChI is InChI=1S/C25H24N4O3/c1-7-29-24(30)18(16(5)19(12-26)25(29)31)10-17-11-20-23(32-17)27-22(28(20)6)21-14(3)8-13(2)9-15(21)4/h8-11H,7H2,1-6H3/b18-10-. The number of nitrogens with zero attached hydrogens (tertiary/aromatic N) is 4. The maximum Gasteiger partial charge on any atom is 0.271 e. The van der Waals surface area contributed by atoms with E-state index in [9.17, 15) is 14.9 Å². The van der Waals surface area contributed by atoms with Crippen molar-refractivity contribution in [2.24, 2.45) is 7.05 Å². The lowest BCUT2D eigenvalue weighted by Gasteiger charge is -2.25. The van der Waals surface area contributed by atoms with E-state index in [1.54, 1.807) is 19.9 Å². The Balaban J connectivity index is 1.82. The number of benzene rings is 1. The quantitative estimate of drug-likeness (QED) is 0.456. The molecule has 0 unspecified atom stereocenters. The molecule has 0 bridgehead atoms. The number of hydrogen-bond donors (Lipinski definition) is 0. The summed E-state index contributed by atoms with van der Waals surface area (Å²) in [5.74, 6) is 0.253. The number of nitriles is 1. The van der Waals surface area contributed by atoms with Gasteiger partial charge >= 0.3 is 0 Å². The van der Waals surface area contributed by atoms with E-state index in [1.165, 1.54) is 5.56 Å². The van der Waals surface area contributed by atoms with Gasteiger partial charge in [0.05, 0.1) is 0 Å². The van der Waals surface area contributed by atoms with Gasteiger partial charge in [0.1, 0.15) is 28.7 Å². The summed E-state index contributed by atoms with van der Waals surface area (Å²) in [6.45, 7) is 9.70. The lowest BCUT2D eigenvalue weighted by molar-refractivity contribution is -0.140. The fraction of sp³-hybridized carbons (Fsp3) is 0.280. The second-order valence-corrected chi connectivity index (χ2v) is 8.13. The monoisotopic (exact) mass is 428 g/mol. The molecule has 3 heterocycles. The molecule has 0 saturated heterocycles. The van der Waals surface area contributed by atoms with Crippen LogP contribution in [-0.4, -0.2) is 32.8 Å².